The van der Waals surface area contributed by atoms with Gasteiger partial charge in [0.2, 0.25) is 0 Å². The molecule has 6 rings (SSSR count). The number of rotatable bonds is 7. The van der Waals surface area contributed by atoms with Crippen LogP contribution in [-0.2, 0) is 12.8 Å². The maximum absolute atomic E-state index is 11.0. The van der Waals surface area contributed by atoms with Gasteiger partial charge in [-0.15, -0.1) is 0 Å². The normalized spacial score (nSPS) is 11.8. The van der Waals surface area contributed by atoms with Crippen LogP contribution in [0, 0.1) is 0 Å². The van der Waals surface area contributed by atoms with E-state index >= 15 is 0 Å². The predicted octanol–water partition coefficient (Wildman–Crippen LogP) is 7.79. The molecule has 1 aliphatic rings. The Balaban J connectivity index is 1.14. The number of fused-ring (bicyclic) bond motifs is 4. The molecule has 0 aliphatic heterocycles. The molecule has 0 spiro atoms. The van der Waals surface area contributed by atoms with Gasteiger partial charge in [-0.2, -0.15) is 0 Å². The summed E-state index contributed by atoms with van der Waals surface area (Å²) in [6, 6.07) is 35.3. The number of aromatic carboxylic acids is 1. The van der Waals surface area contributed by atoms with Crippen molar-refractivity contribution >= 4 is 16.7 Å². The van der Waals surface area contributed by atoms with Crippen LogP contribution in [0.4, 0.5) is 0 Å². The van der Waals surface area contributed by atoms with E-state index in [0.717, 1.165) is 36.0 Å². The van der Waals surface area contributed by atoms with Gasteiger partial charge in [0.05, 0.1) is 12.2 Å². The van der Waals surface area contributed by atoms with Crippen molar-refractivity contribution in [1.29, 1.82) is 0 Å². The van der Waals surface area contributed by atoms with Crippen LogP contribution < -0.4 is 4.74 Å². The monoisotopic (exact) mass is 470 g/mol. The van der Waals surface area contributed by atoms with E-state index in [1.54, 1.807) is 12.1 Å². The Morgan fingerprint density at radius 3 is 2.36 bits per heavy atom. The van der Waals surface area contributed by atoms with E-state index < -0.39 is 5.97 Å². The van der Waals surface area contributed by atoms with Gasteiger partial charge in [0.1, 0.15) is 5.75 Å². The first kappa shape index (κ1) is 22.1. The van der Waals surface area contributed by atoms with Crippen molar-refractivity contribution in [1.82, 2.24) is 0 Å². The van der Waals surface area contributed by atoms with Gasteiger partial charge < -0.3 is 9.84 Å². The molecule has 0 saturated carbocycles. The summed E-state index contributed by atoms with van der Waals surface area (Å²) >= 11 is 0. The summed E-state index contributed by atoms with van der Waals surface area (Å²) in [5, 5.41) is 11.4. The number of hydrogen-bond acceptors (Lipinski definition) is 2. The third-order valence-corrected chi connectivity index (χ3v) is 7.05. The molecule has 0 fully saturated rings. The van der Waals surface area contributed by atoms with E-state index in [1.165, 1.54) is 38.8 Å². The molecule has 5 aromatic carbocycles. The van der Waals surface area contributed by atoms with Gasteiger partial charge in [-0.25, -0.2) is 4.79 Å². The quantitative estimate of drug-likeness (QED) is 0.242. The van der Waals surface area contributed by atoms with Crippen LogP contribution in [0.1, 0.15) is 33.5 Å². The van der Waals surface area contributed by atoms with Crippen molar-refractivity contribution in [2.45, 2.75) is 19.3 Å². The molecule has 0 bridgehead atoms. The summed E-state index contributed by atoms with van der Waals surface area (Å²) in [6.45, 7) is 0.612. The minimum absolute atomic E-state index is 0.316. The number of carbonyl (C=O) groups is 1. The molecule has 5 aromatic rings. The average molecular weight is 471 g/mol. The summed E-state index contributed by atoms with van der Waals surface area (Å²) in [5.41, 5.74) is 9.51. The first-order valence-electron chi connectivity index (χ1n) is 12.3. The SMILES string of the molecule is O=C(O)c1ccc(CCCOc2ccc3cc(-c4cccc5c4Cc4ccccc4-5)ccc3c2)cc1. The molecule has 3 heteroatoms. The fraction of sp³-hybridized carbons (Fsp3) is 0.121. The van der Waals surface area contributed by atoms with E-state index in [9.17, 15) is 4.79 Å². The van der Waals surface area contributed by atoms with Gasteiger partial charge >= 0.3 is 5.97 Å². The van der Waals surface area contributed by atoms with Crippen molar-refractivity contribution < 1.29 is 14.6 Å². The van der Waals surface area contributed by atoms with Crippen molar-refractivity contribution in [3.63, 3.8) is 0 Å². The molecule has 1 aliphatic carbocycles. The zero-order valence-electron chi connectivity index (χ0n) is 19.9. The number of aryl methyl sites for hydroxylation is 1. The first-order valence-corrected chi connectivity index (χ1v) is 12.3. The molecule has 36 heavy (non-hydrogen) atoms. The Bertz CT molecular complexity index is 1580. The Hall–Kier alpha value is -4.37. The first-order chi connectivity index (χ1) is 17.7. The zero-order valence-corrected chi connectivity index (χ0v) is 19.9. The molecule has 1 N–H and O–H groups in total. The molecule has 0 heterocycles. The smallest absolute Gasteiger partial charge is 0.335 e. The Kier molecular flexibility index (Phi) is 5.74. The fourth-order valence-electron chi connectivity index (χ4n) is 5.19. The maximum Gasteiger partial charge on any atom is 0.335 e. The maximum atomic E-state index is 11.0. The lowest BCUT2D eigenvalue weighted by molar-refractivity contribution is 0.0697. The Morgan fingerprint density at radius 1 is 0.750 bits per heavy atom. The van der Waals surface area contributed by atoms with E-state index in [-0.39, 0.29) is 0 Å². The highest BCUT2D eigenvalue weighted by Crippen LogP contribution is 2.42. The molecular weight excluding hydrogens is 444 g/mol. The topological polar surface area (TPSA) is 46.5 Å². The van der Waals surface area contributed by atoms with Gasteiger partial charge in [-0.05, 0) is 99.3 Å². The molecule has 0 aromatic heterocycles. The summed E-state index contributed by atoms with van der Waals surface area (Å²) in [7, 11) is 0. The zero-order chi connectivity index (χ0) is 24.5. The molecule has 0 amide bonds. The molecule has 0 atom stereocenters. The van der Waals surface area contributed by atoms with Crippen LogP contribution in [0.5, 0.6) is 5.75 Å². The van der Waals surface area contributed by atoms with Crippen molar-refractivity contribution in [2.75, 3.05) is 6.61 Å². The number of hydrogen-bond donors (Lipinski definition) is 1. The molecule has 176 valence electrons. The van der Waals surface area contributed by atoms with Crippen LogP contribution in [0.3, 0.4) is 0 Å². The Morgan fingerprint density at radius 2 is 1.50 bits per heavy atom. The predicted molar refractivity (Wildman–Crippen MR) is 145 cm³/mol. The van der Waals surface area contributed by atoms with Gasteiger partial charge in [0.25, 0.3) is 0 Å². The largest absolute Gasteiger partial charge is 0.494 e. The van der Waals surface area contributed by atoms with Crippen molar-refractivity contribution in [3.8, 4) is 28.0 Å². The highest BCUT2D eigenvalue weighted by molar-refractivity contribution is 5.91. The van der Waals surface area contributed by atoms with Gasteiger partial charge in [0, 0.05) is 0 Å². The van der Waals surface area contributed by atoms with Crippen molar-refractivity contribution in [2.24, 2.45) is 0 Å². The van der Waals surface area contributed by atoms with E-state index in [4.69, 9.17) is 9.84 Å². The molecular formula is C33H26O3. The second-order valence-electron chi connectivity index (χ2n) is 9.34. The highest BCUT2D eigenvalue weighted by Gasteiger charge is 2.21. The van der Waals surface area contributed by atoms with Gasteiger partial charge in [-0.3, -0.25) is 0 Å². The summed E-state index contributed by atoms with van der Waals surface area (Å²) in [4.78, 5) is 11.0. The molecule has 0 radical (unpaired) electrons. The number of benzene rings is 5. The van der Waals surface area contributed by atoms with E-state index in [2.05, 4.69) is 72.8 Å². The summed E-state index contributed by atoms with van der Waals surface area (Å²) < 4.78 is 6.01. The molecule has 3 nitrogen and oxygen atoms in total. The minimum Gasteiger partial charge on any atom is -0.494 e. The summed E-state index contributed by atoms with van der Waals surface area (Å²) in [5.74, 6) is -0.0286. The molecule has 0 unspecified atom stereocenters. The van der Waals surface area contributed by atoms with Gasteiger partial charge in [0.15, 0.2) is 0 Å². The average Bonchev–Trinajstić information content (AvgIpc) is 3.30. The van der Waals surface area contributed by atoms with Crippen molar-refractivity contribution in [3.05, 3.63) is 125 Å². The lowest BCUT2D eigenvalue weighted by Gasteiger charge is -2.11. The second-order valence-corrected chi connectivity index (χ2v) is 9.34. The lowest BCUT2D eigenvalue weighted by atomic mass is 9.94. The van der Waals surface area contributed by atoms with Crippen LogP contribution in [0.2, 0.25) is 0 Å². The third kappa shape index (κ3) is 4.25. The van der Waals surface area contributed by atoms with E-state index in [0.29, 0.717) is 12.2 Å². The Labute approximate surface area is 210 Å². The van der Waals surface area contributed by atoms with E-state index in [1.807, 2.05) is 18.2 Å². The third-order valence-electron chi connectivity index (χ3n) is 7.05. The van der Waals surface area contributed by atoms with Crippen LogP contribution >= 0.6 is 0 Å². The van der Waals surface area contributed by atoms with Crippen LogP contribution in [0.25, 0.3) is 33.0 Å². The number of carboxylic acids is 1. The number of ether oxygens (including phenoxy) is 1. The fourth-order valence-corrected chi connectivity index (χ4v) is 5.19. The minimum atomic E-state index is -0.897. The van der Waals surface area contributed by atoms with Crippen LogP contribution in [-0.4, -0.2) is 17.7 Å². The lowest BCUT2D eigenvalue weighted by Crippen LogP contribution is -2.00. The standard InChI is InChI=1S/C33H26O3/c34-33(35)23-12-10-22(11-13-23)5-4-18-36-28-17-16-24-19-27(15-14-25(24)20-28)30-8-3-9-31-29-7-2-1-6-26(29)21-32(30)31/h1-3,6-17,19-20H,4-5,18,21H2,(H,34,35). The molecule has 0 saturated heterocycles. The highest BCUT2D eigenvalue weighted by atomic mass is 16.5. The number of carboxylic acid groups (broad SMARTS) is 1. The van der Waals surface area contributed by atoms with Gasteiger partial charge in [-0.1, -0.05) is 72.8 Å². The van der Waals surface area contributed by atoms with Crippen LogP contribution in [0.15, 0.2) is 103 Å². The second kappa shape index (κ2) is 9.35. The summed E-state index contributed by atoms with van der Waals surface area (Å²) in [6.07, 6.45) is 2.70.